The van der Waals surface area contributed by atoms with E-state index in [1.165, 1.54) is 6.07 Å². The standard InChI is InChI=1S/C13H9Cl2FN2O/c14-12-9(16)3-4-10(13(12)15)18-11(19)6-8-2-1-5-17-7-8/h1-5,7H,6H2,(H,18,19). The van der Waals surface area contributed by atoms with E-state index in [2.05, 4.69) is 10.3 Å². The van der Waals surface area contributed by atoms with Gasteiger partial charge in [0.2, 0.25) is 5.91 Å². The van der Waals surface area contributed by atoms with Gasteiger partial charge in [0, 0.05) is 12.4 Å². The summed E-state index contributed by atoms with van der Waals surface area (Å²) in [4.78, 5) is 15.7. The van der Waals surface area contributed by atoms with E-state index < -0.39 is 5.82 Å². The minimum atomic E-state index is -0.628. The lowest BCUT2D eigenvalue weighted by Gasteiger charge is -2.08. The first kappa shape index (κ1) is 13.8. The maximum Gasteiger partial charge on any atom is 0.228 e. The highest BCUT2D eigenvalue weighted by Gasteiger charge is 2.12. The molecule has 2 rings (SSSR count). The monoisotopic (exact) mass is 298 g/mol. The number of pyridine rings is 1. The number of halogens is 3. The Morgan fingerprint density at radius 3 is 2.74 bits per heavy atom. The van der Waals surface area contributed by atoms with Crippen molar-refractivity contribution in [2.75, 3.05) is 5.32 Å². The van der Waals surface area contributed by atoms with Crippen molar-refractivity contribution >= 4 is 34.8 Å². The van der Waals surface area contributed by atoms with Crippen LogP contribution in [0.3, 0.4) is 0 Å². The summed E-state index contributed by atoms with van der Waals surface area (Å²) in [5, 5.41) is 2.36. The molecule has 0 radical (unpaired) electrons. The molecule has 0 spiro atoms. The second-order valence-corrected chi connectivity index (χ2v) is 4.57. The molecule has 0 atom stereocenters. The summed E-state index contributed by atoms with van der Waals surface area (Å²) in [5.41, 5.74) is 1.05. The molecule has 0 fully saturated rings. The molecule has 19 heavy (non-hydrogen) atoms. The van der Waals surface area contributed by atoms with Gasteiger partial charge in [-0.05, 0) is 23.8 Å². The molecule has 1 aromatic carbocycles. The molecular formula is C13H9Cl2FN2O. The van der Waals surface area contributed by atoms with Gasteiger partial charge in [-0.25, -0.2) is 4.39 Å². The Labute approximate surface area is 119 Å². The zero-order valence-electron chi connectivity index (χ0n) is 9.66. The van der Waals surface area contributed by atoms with Crippen LogP contribution >= 0.6 is 23.2 Å². The number of rotatable bonds is 3. The van der Waals surface area contributed by atoms with Crippen molar-refractivity contribution in [1.82, 2.24) is 4.98 Å². The number of hydrogen-bond acceptors (Lipinski definition) is 2. The summed E-state index contributed by atoms with van der Waals surface area (Å²) in [6.07, 6.45) is 3.37. The molecule has 2 aromatic rings. The zero-order valence-corrected chi connectivity index (χ0v) is 11.2. The van der Waals surface area contributed by atoms with Crippen molar-refractivity contribution in [3.05, 3.63) is 58.1 Å². The van der Waals surface area contributed by atoms with Gasteiger partial charge < -0.3 is 5.32 Å². The summed E-state index contributed by atoms with van der Waals surface area (Å²) in [7, 11) is 0. The third-order valence-corrected chi connectivity index (χ3v) is 3.26. The fourth-order valence-electron chi connectivity index (χ4n) is 1.50. The minimum Gasteiger partial charge on any atom is -0.324 e. The molecule has 6 heteroatoms. The van der Waals surface area contributed by atoms with Crippen LogP contribution in [-0.2, 0) is 11.2 Å². The van der Waals surface area contributed by atoms with E-state index in [1.807, 2.05) is 0 Å². The number of amides is 1. The van der Waals surface area contributed by atoms with Crippen molar-refractivity contribution in [2.24, 2.45) is 0 Å². The quantitative estimate of drug-likeness (QED) is 0.878. The van der Waals surface area contributed by atoms with Gasteiger partial charge >= 0.3 is 0 Å². The lowest BCUT2D eigenvalue weighted by molar-refractivity contribution is -0.115. The van der Waals surface area contributed by atoms with E-state index in [0.29, 0.717) is 0 Å². The van der Waals surface area contributed by atoms with Crippen LogP contribution in [0.2, 0.25) is 10.0 Å². The van der Waals surface area contributed by atoms with E-state index in [1.54, 1.807) is 24.5 Å². The SMILES string of the molecule is O=C(Cc1cccnc1)Nc1ccc(F)c(Cl)c1Cl. The fraction of sp³-hybridized carbons (Fsp3) is 0.0769. The molecule has 98 valence electrons. The van der Waals surface area contributed by atoms with Crippen molar-refractivity contribution in [1.29, 1.82) is 0 Å². The number of nitrogens with one attached hydrogen (secondary N) is 1. The second-order valence-electron chi connectivity index (χ2n) is 3.81. The number of nitrogens with zero attached hydrogens (tertiary/aromatic N) is 1. The number of aromatic nitrogens is 1. The highest BCUT2D eigenvalue weighted by atomic mass is 35.5. The molecular weight excluding hydrogens is 290 g/mol. The van der Waals surface area contributed by atoms with Gasteiger partial charge in [0.05, 0.1) is 22.2 Å². The van der Waals surface area contributed by atoms with Crippen LogP contribution in [0, 0.1) is 5.82 Å². The molecule has 1 amide bonds. The van der Waals surface area contributed by atoms with Gasteiger partial charge in [0.25, 0.3) is 0 Å². The second kappa shape index (κ2) is 5.99. The smallest absolute Gasteiger partial charge is 0.228 e. The first-order chi connectivity index (χ1) is 9.08. The summed E-state index contributed by atoms with van der Waals surface area (Å²) in [6.45, 7) is 0. The molecule has 0 saturated heterocycles. The highest BCUT2D eigenvalue weighted by molar-refractivity contribution is 6.44. The van der Waals surface area contributed by atoms with Crippen LogP contribution in [0.25, 0.3) is 0 Å². The largest absolute Gasteiger partial charge is 0.324 e. The Morgan fingerprint density at radius 1 is 1.26 bits per heavy atom. The van der Waals surface area contributed by atoms with Gasteiger partial charge in [-0.3, -0.25) is 9.78 Å². The summed E-state index contributed by atoms with van der Waals surface area (Å²) in [5.74, 6) is -0.908. The third-order valence-electron chi connectivity index (χ3n) is 2.40. The maximum absolute atomic E-state index is 13.1. The molecule has 1 heterocycles. The van der Waals surface area contributed by atoms with Crippen molar-refractivity contribution in [3.8, 4) is 0 Å². The Hall–Kier alpha value is -1.65. The molecule has 0 aliphatic carbocycles. The Balaban J connectivity index is 2.10. The molecule has 0 saturated carbocycles. The van der Waals surface area contributed by atoms with E-state index in [9.17, 15) is 9.18 Å². The van der Waals surface area contributed by atoms with Crippen molar-refractivity contribution in [3.63, 3.8) is 0 Å². The predicted molar refractivity (Wildman–Crippen MR) is 73.0 cm³/mol. The normalized spacial score (nSPS) is 10.3. The zero-order chi connectivity index (χ0) is 13.8. The first-order valence-electron chi connectivity index (χ1n) is 5.40. The molecule has 0 bridgehead atoms. The first-order valence-corrected chi connectivity index (χ1v) is 6.16. The van der Waals surface area contributed by atoms with Gasteiger partial charge in [-0.2, -0.15) is 0 Å². The van der Waals surface area contributed by atoms with Crippen LogP contribution in [0.4, 0.5) is 10.1 Å². The van der Waals surface area contributed by atoms with E-state index in [4.69, 9.17) is 23.2 Å². The summed E-state index contributed by atoms with van der Waals surface area (Å²) < 4.78 is 13.1. The minimum absolute atomic E-state index is 0.0128. The van der Waals surface area contributed by atoms with Crippen LogP contribution in [0.5, 0.6) is 0 Å². The van der Waals surface area contributed by atoms with Gasteiger partial charge in [-0.1, -0.05) is 29.3 Å². The summed E-state index contributed by atoms with van der Waals surface area (Å²) in [6, 6.07) is 6.04. The van der Waals surface area contributed by atoms with Crippen LogP contribution in [0.15, 0.2) is 36.7 Å². The van der Waals surface area contributed by atoms with E-state index in [0.717, 1.165) is 11.6 Å². The van der Waals surface area contributed by atoms with E-state index in [-0.39, 0.29) is 28.1 Å². The molecule has 3 nitrogen and oxygen atoms in total. The Morgan fingerprint density at radius 2 is 2.05 bits per heavy atom. The van der Waals surface area contributed by atoms with Crippen LogP contribution < -0.4 is 5.32 Å². The fourth-order valence-corrected chi connectivity index (χ4v) is 1.87. The number of anilines is 1. The molecule has 0 unspecified atom stereocenters. The molecule has 1 N–H and O–H groups in total. The van der Waals surface area contributed by atoms with Crippen molar-refractivity contribution < 1.29 is 9.18 Å². The Bertz CT molecular complexity index is 605. The predicted octanol–water partition coefficient (Wildman–Crippen LogP) is 3.71. The lowest BCUT2D eigenvalue weighted by Crippen LogP contribution is -2.14. The Kier molecular flexibility index (Phi) is 4.35. The van der Waals surface area contributed by atoms with Crippen molar-refractivity contribution in [2.45, 2.75) is 6.42 Å². The van der Waals surface area contributed by atoms with E-state index >= 15 is 0 Å². The number of benzene rings is 1. The molecule has 0 aliphatic heterocycles. The number of carbonyl (C=O) groups is 1. The number of hydrogen-bond donors (Lipinski definition) is 1. The number of carbonyl (C=O) groups excluding carboxylic acids is 1. The highest BCUT2D eigenvalue weighted by Crippen LogP contribution is 2.32. The molecule has 0 aliphatic rings. The van der Waals surface area contributed by atoms with Gasteiger partial charge in [0.15, 0.2) is 0 Å². The van der Waals surface area contributed by atoms with Gasteiger partial charge in [0.1, 0.15) is 5.82 Å². The average Bonchev–Trinajstić information content (AvgIpc) is 2.41. The van der Waals surface area contributed by atoms with Gasteiger partial charge in [-0.15, -0.1) is 0 Å². The average molecular weight is 299 g/mol. The maximum atomic E-state index is 13.1. The summed E-state index contributed by atoms with van der Waals surface area (Å²) >= 11 is 11.5. The lowest BCUT2D eigenvalue weighted by atomic mass is 10.2. The van der Waals surface area contributed by atoms with Crippen LogP contribution in [0.1, 0.15) is 5.56 Å². The topological polar surface area (TPSA) is 42.0 Å². The van der Waals surface area contributed by atoms with Crippen LogP contribution in [-0.4, -0.2) is 10.9 Å². The third kappa shape index (κ3) is 3.43. The molecule has 1 aromatic heterocycles.